The van der Waals surface area contributed by atoms with E-state index in [4.69, 9.17) is 11.6 Å². The summed E-state index contributed by atoms with van der Waals surface area (Å²) in [5, 5.41) is 72.4. The number of benzene rings is 2. The van der Waals surface area contributed by atoms with Crippen LogP contribution in [0.2, 0.25) is 5.02 Å². The molecular weight excluding hydrogens is 1300 g/mol. The molecule has 1 aromatic heterocycles. The van der Waals surface area contributed by atoms with Gasteiger partial charge in [-0.05, 0) is 60.9 Å². The van der Waals surface area contributed by atoms with Gasteiger partial charge in [-0.25, -0.2) is 0 Å². The molecule has 28 nitrogen and oxygen atoms in total. The van der Waals surface area contributed by atoms with Crippen molar-refractivity contribution in [1.82, 2.24) is 45.9 Å². The number of rotatable bonds is 26. The van der Waals surface area contributed by atoms with Crippen molar-refractivity contribution in [3.63, 3.8) is 0 Å². The normalized spacial score (nSPS) is 22.4. The van der Waals surface area contributed by atoms with Gasteiger partial charge in [0.1, 0.15) is 17.8 Å². The maximum absolute atomic E-state index is 15.2. The molecule has 3 aromatic rings. The molecule has 3 saturated heterocycles. The van der Waals surface area contributed by atoms with Gasteiger partial charge < -0.3 is 61.8 Å². The maximum Gasteiger partial charge on any atom is 0.320 e. The number of aromatic hydroxyl groups is 1. The number of nitrogens with one attached hydrogen (secondary N) is 5. The summed E-state index contributed by atoms with van der Waals surface area (Å²) >= 11 is 6.24. The zero-order valence-electron chi connectivity index (χ0n) is 53.3. The second-order valence-electron chi connectivity index (χ2n) is 24.8. The van der Waals surface area contributed by atoms with Crippen molar-refractivity contribution >= 4 is 121 Å². The third-order valence-corrected chi connectivity index (χ3v) is 19.8. The number of aromatic nitrogens is 1. The number of fused-ring (bicyclic) bond motifs is 2. The number of aliphatic hydroxyl groups is 1. The summed E-state index contributed by atoms with van der Waals surface area (Å²) in [5.41, 5.74) is 1.63. The summed E-state index contributed by atoms with van der Waals surface area (Å²) in [6, 6.07) is 4.38. The Hall–Kier alpha value is -7.48. The number of phenols is 1. The molecule has 3 aliphatic rings. The fourth-order valence-corrected chi connectivity index (χ4v) is 14.6. The minimum Gasteiger partial charge on any atom is -0.506 e. The molecule has 0 saturated carbocycles. The highest BCUT2D eigenvalue weighted by molar-refractivity contribution is 8.76. The number of carboxylic acids is 4. The van der Waals surface area contributed by atoms with Crippen molar-refractivity contribution in [2.24, 2.45) is 23.7 Å². The number of carbonyl (C=O) groups is 13. The molecule has 0 aliphatic carbocycles. The lowest BCUT2D eigenvalue weighted by Gasteiger charge is -2.30. The average Bonchev–Trinajstić information content (AvgIpc) is 1.75. The molecule has 11 N–H and O–H groups in total. The number of hydrogen-bond acceptors (Lipinski definition) is 20. The summed E-state index contributed by atoms with van der Waals surface area (Å²) < 4.78 is 0. The fourth-order valence-electron chi connectivity index (χ4n) is 12.1. The highest BCUT2D eigenvalue weighted by Gasteiger charge is 2.44. The molecule has 4 heterocycles. The van der Waals surface area contributed by atoms with E-state index in [0.717, 1.165) is 26.5 Å². The minimum absolute atomic E-state index is 0.000195. The van der Waals surface area contributed by atoms with E-state index in [-0.39, 0.29) is 118 Å². The molecule has 5 amide bonds. The molecule has 9 atom stereocenters. The number of amides is 5. The molecule has 2 aromatic carbocycles. The summed E-state index contributed by atoms with van der Waals surface area (Å²) in [6.45, 7) is 4.21. The Labute approximate surface area is 562 Å². The summed E-state index contributed by atoms with van der Waals surface area (Å²) in [6.07, 6.45) is -3.56. The maximum atomic E-state index is 15.2. The van der Waals surface area contributed by atoms with Crippen molar-refractivity contribution in [3.05, 3.63) is 64.8 Å². The molecule has 31 heteroatoms. The summed E-state index contributed by atoms with van der Waals surface area (Å²) in [7, 11) is 2.05. The number of Topliss-reactive ketones (excluding diaryl/α,β-unsaturated/α-hetero) is 4. The van der Waals surface area contributed by atoms with Gasteiger partial charge in [0.2, 0.25) is 29.5 Å². The number of ketones is 4. The van der Waals surface area contributed by atoms with Crippen LogP contribution in [0.3, 0.4) is 0 Å². The second kappa shape index (κ2) is 37.1. The van der Waals surface area contributed by atoms with E-state index in [1.165, 1.54) is 23.1 Å². The molecule has 95 heavy (non-hydrogen) atoms. The third kappa shape index (κ3) is 24.0. The Morgan fingerprint density at radius 2 is 1.45 bits per heavy atom. The predicted octanol–water partition coefficient (Wildman–Crippen LogP) is 2.18. The van der Waals surface area contributed by atoms with Crippen molar-refractivity contribution in [3.8, 4) is 5.75 Å². The third-order valence-electron chi connectivity index (χ3n) is 17.1. The zero-order valence-corrected chi connectivity index (χ0v) is 55.7. The van der Waals surface area contributed by atoms with Crippen LogP contribution in [0, 0.1) is 23.7 Å². The molecule has 520 valence electrons. The van der Waals surface area contributed by atoms with Gasteiger partial charge in [-0.3, -0.25) is 77.0 Å². The lowest BCUT2D eigenvalue weighted by molar-refractivity contribution is -0.145. The van der Waals surface area contributed by atoms with Gasteiger partial charge in [0.15, 0.2) is 23.1 Å². The summed E-state index contributed by atoms with van der Waals surface area (Å²) in [4.78, 5) is 187. The number of aromatic amines is 1. The molecule has 0 spiro atoms. The number of aliphatic hydroxyl groups excluding tert-OH is 1. The molecule has 3 aliphatic heterocycles. The van der Waals surface area contributed by atoms with E-state index in [0.29, 0.717) is 22.0 Å². The Bertz CT molecular complexity index is 3250. The van der Waals surface area contributed by atoms with Crippen LogP contribution in [-0.4, -0.2) is 245 Å². The van der Waals surface area contributed by atoms with Crippen LogP contribution in [0.15, 0.2) is 48.7 Å². The number of H-pyrrole nitrogens is 1. The Morgan fingerprint density at radius 3 is 2.08 bits per heavy atom. The van der Waals surface area contributed by atoms with Gasteiger partial charge >= 0.3 is 23.9 Å². The first-order valence-corrected chi connectivity index (χ1v) is 34.6. The van der Waals surface area contributed by atoms with Crippen LogP contribution in [0.1, 0.15) is 96.1 Å². The van der Waals surface area contributed by atoms with Crippen molar-refractivity contribution in [2.75, 3.05) is 77.0 Å². The molecule has 3 fully saturated rings. The van der Waals surface area contributed by atoms with E-state index in [1.807, 2.05) is 13.8 Å². The van der Waals surface area contributed by atoms with Crippen LogP contribution in [0.25, 0.3) is 10.9 Å². The predicted molar refractivity (Wildman–Crippen MR) is 350 cm³/mol. The number of nitrogens with zero attached hydrogens (tertiary/aromatic N) is 4. The molecule has 0 bridgehead atoms. The smallest absolute Gasteiger partial charge is 0.320 e. The van der Waals surface area contributed by atoms with Crippen LogP contribution >= 0.6 is 33.2 Å². The van der Waals surface area contributed by atoms with E-state index >= 15 is 4.79 Å². The van der Waals surface area contributed by atoms with Crippen LogP contribution in [0.4, 0.5) is 0 Å². The largest absolute Gasteiger partial charge is 0.506 e. The number of carbonyl (C=O) groups excluding carboxylic acids is 9. The zero-order chi connectivity index (χ0) is 69.6. The van der Waals surface area contributed by atoms with Gasteiger partial charge in [-0.1, -0.05) is 78.2 Å². The number of phenolic OH excluding ortho intramolecular Hbond substituents is 1. The van der Waals surface area contributed by atoms with E-state index in [1.54, 1.807) is 47.2 Å². The van der Waals surface area contributed by atoms with Crippen molar-refractivity contribution < 1.29 is 93.0 Å². The fraction of sp³-hybridized carbons (Fsp3) is 0.578. The first kappa shape index (κ1) is 76.5. The van der Waals surface area contributed by atoms with Gasteiger partial charge in [-0.2, -0.15) is 0 Å². The van der Waals surface area contributed by atoms with Crippen molar-refractivity contribution in [1.29, 1.82) is 0 Å². The molecule has 0 radical (unpaired) electrons. The van der Waals surface area contributed by atoms with Gasteiger partial charge in [0.25, 0.3) is 0 Å². The lowest BCUT2D eigenvalue weighted by atomic mass is 9.89. The standard InChI is InChI=1S/C64H86ClN9O19S2/c1-4-52(77)48-34-94-95-35-49(63(91)74-31-43(76)28-51(74)55(80)27-40(22-37-9-12-53(78)45(65)23-37)60(88)67-30-42(75)24-39(21-36(2)3)62(90)69-48)70-61(89)38(10-14-57(82)83)26-54(79)47(25-41-29-66-46-8-6-5-7-44(41)46)68-56(81)13-11-50(64(92)93)73-19-17-71(32-58(84)85)15-16-72(18-20-73)33-59(86)87/h5-9,12,23,29,36,38-40,43,47-51,66,76,78H,4,10-11,13-22,24-28,30-35H2,1-3H3,(H,67,88)(H,68,81)(H,69,90)(H,70,89)(H,82,83)(H,84,85)(H,86,87)(H,92,93)/t38-,39+,40+,43+,47-,48-,49-,50?,51?/m0/s1. The van der Waals surface area contributed by atoms with E-state index in [2.05, 4.69) is 26.3 Å². The average molecular weight is 1390 g/mol. The second-order valence-corrected chi connectivity index (χ2v) is 27.8. The molecular formula is C64H86ClN9O19S2. The Morgan fingerprint density at radius 1 is 0.789 bits per heavy atom. The first-order valence-electron chi connectivity index (χ1n) is 31.7. The number of hydrogen-bond donors (Lipinski definition) is 11. The van der Waals surface area contributed by atoms with Crippen LogP contribution < -0.4 is 21.3 Å². The monoisotopic (exact) mass is 1380 g/mol. The van der Waals surface area contributed by atoms with E-state index in [9.17, 15) is 88.2 Å². The van der Waals surface area contributed by atoms with Gasteiger partial charge in [-0.15, -0.1) is 0 Å². The minimum atomic E-state index is -1.59. The van der Waals surface area contributed by atoms with E-state index < -0.39 is 183 Å². The highest BCUT2D eigenvalue weighted by Crippen LogP contribution is 2.31. The number of aliphatic carboxylic acids is 4. The SMILES string of the molecule is CCC(=O)[C@@H]1CSSC[C@H](NC(=O)[C@@H](CCC(=O)O)CC(=O)[C@H](Cc2c[nH]c3ccccc23)NC(=O)CCC(C(=O)O)N2CCN(CC(=O)O)CCN(CC(=O)O)CC2)C(=O)N2C[C@H](O)CC2C(=O)C[C@@H](Cc2ccc(O)c(Cl)c2)C(=O)NCC(=O)C[C@@H](CC(C)C)C(=O)N1. The van der Waals surface area contributed by atoms with Gasteiger partial charge in [0, 0.05) is 144 Å². The van der Waals surface area contributed by atoms with Crippen LogP contribution in [-0.2, 0) is 75.2 Å². The first-order chi connectivity index (χ1) is 45.1. The topological polar surface area (TPSA) is 420 Å². The Balaban J connectivity index is 1.30. The number of carboxylic acid groups (broad SMARTS) is 4. The highest BCUT2D eigenvalue weighted by atomic mass is 35.5. The lowest BCUT2D eigenvalue weighted by Crippen LogP contribution is -2.54. The molecule has 6 rings (SSSR count). The van der Waals surface area contributed by atoms with Gasteiger partial charge in [0.05, 0.1) is 48.9 Å². The number of halogens is 1. The number of para-hydroxylation sites is 1. The van der Waals surface area contributed by atoms with Crippen LogP contribution in [0.5, 0.6) is 5.75 Å². The van der Waals surface area contributed by atoms with Crippen molar-refractivity contribution in [2.45, 2.75) is 134 Å². The summed E-state index contributed by atoms with van der Waals surface area (Å²) in [5.74, 6) is -15.7. The Kier molecular flexibility index (Phi) is 29.9. The molecule has 2 unspecified atom stereocenters. The quantitative estimate of drug-likeness (QED) is 0.0513.